The Bertz CT molecular complexity index is 1040. The predicted molar refractivity (Wildman–Crippen MR) is 100 cm³/mol. The van der Waals surface area contributed by atoms with E-state index in [1.807, 2.05) is 25.1 Å². The van der Waals surface area contributed by atoms with Crippen LogP contribution in [0, 0.1) is 17.0 Å². The lowest BCUT2D eigenvalue weighted by Gasteiger charge is -2.20. The molecule has 1 fully saturated rings. The minimum Gasteiger partial charge on any atom is -0.419 e. The summed E-state index contributed by atoms with van der Waals surface area (Å²) < 4.78 is 5.68. The molecule has 3 aromatic rings. The van der Waals surface area contributed by atoms with Gasteiger partial charge in [-0.3, -0.25) is 14.9 Å². The van der Waals surface area contributed by atoms with Gasteiger partial charge in [0.1, 0.15) is 0 Å². The second-order valence-electron chi connectivity index (χ2n) is 6.84. The molecule has 0 radical (unpaired) electrons. The summed E-state index contributed by atoms with van der Waals surface area (Å²) >= 11 is 0. The number of nitro groups is 1. The highest BCUT2D eigenvalue weighted by Crippen LogP contribution is 2.30. The molecule has 0 unspecified atom stereocenters. The molecule has 1 amide bonds. The van der Waals surface area contributed by atoms with Crippen molar-refractivity contribution in [3.8, 4) is 11.5 Å². The molecule has 4 rings (SSSR count). The Morgan fingerprint density at radius 1 is 1.21 bits per heavy atom. The number of hydrogen-bond donors (Lipinski definition) is 0. The molecule has 0 spiro atoms. The number of aromatic nitrogens is 2. The van der Waals surface area contributed by atoms with E-state index in [0.29, 0.717) is 17.0 Å². The lowest BCUT2D eigenvalue weighted by molar-refractivity contribution is -0.384. The van der Waals surface area contributed by atoms with Gasteiger partial charge in [0.25, 0.3) is 11.6 Å². The van der Waals surface area contributed by atoms with Gasteiger partial charge in [-0.1, -0.05) is 23.8 Å². The number of rotatable bonds is 6. The van der Waals surface area contributed by atoms with Gasteiger partial charge < -0.3 is 9.32 Å². The summed E-state index contributed by atoms with van der Waals surface area (Å²) in [6, 6.07) is 13.6. The van der Waals surface area contributed by atoms with E-state index in [1.54, 1.807) is 23.1 Å². The van der Waals surface area contributed by atoms with Crippen LogP contribution in [-0.4, -0.2) is 32.0 Å². The van der Waals surface area contributed by atoms with Crippen molar-refractivity contribution in [2.45, 2.75) is 32.4 Å². The van der Waals surface area contributed by atoms with E-state index in [-0.39, 0.29) is 30.1 Å². The molecule has 1 aliphatic carbocycles. The average Bonchev–Trinajstić information content (AvgIpc) is 3.43. The Labute approximate surface area is 161 Å². The normalized spacial score (nSPS) is 13.3. The van der Waals surface area contributed by atoms with Crippen LogP contribution in [-0.2, 0) is 6.54 Å². The highest BCUT2D eigenvalue weighted by atomic mass is 16.6. The van der Waals surface area contributed by atoms with Crippen LogP contribution in [0.25, 0.3) is 11.5 Å². The maximum absolute atomic E-state index is 12.9. The fourth-order valence-electron chi connectivity index (χ4n) is 3.03. The van der Waals surface area contributed by atoms with E-state index in [1.165, 1.54) is 12.1 Å². The lowest BCUT2D eigenvalue weighted by Crippen LogP contribution is -2.32. The molecule has 2 aromatic carbocycles. The molecule has 1 aromatic heterocycles. The monoisotopic (exact) mass is 378 g/mol. The van der Waals surface area contributed by atoms with E-state index in [9.17, 15) is 14.9 Å². The van der Waals surface area contributed by atoms with Gasteiger partial charge >= 0.3 is 0 Å². The lowest BCUT2D eigenvalue weighted by atomic mass is 10.1. The Hall–Kier alpha value is -3.55. The molecule has 142 valence electrons. The highest BCUT2D eigenvalue weighted by molar-refractivity contribution is 5.94. The van der Waals surface area contributed by atoms with Gasteiger partial charge in [0.05, 0.1) is 11.5 Å². The van der Waals surface area contributed by atoms with E-state index >= 15 is 0 Å². The number of nitro benzene ring substituents is 1. The first-order valence-electron chi connectivity index (χ1n) is 8.96. The number of non-ortho nitro benzene ring substituents is 1. The molecular weight excluding hydrogens is 360 g/mol. The molecule has 0 bridgehead atoms. The summed E-state index contributed by atoms with van der Waals surface area (Å²) in [5.41, 5.74) is 2.07. The van der Waals surface area contributed by atoms with Crippen molar-refractivity contribution in [2.24, 2.45) is 0 Å². The average molecular weight is 378 g/mol. The van der Waals surface area contributed by atoms with Crippen molar-refractivity contribution >= 4 is 11.6 Å². The zero-order valence-corrected chi connectivity index (χ0v) is 15.2. The van der Waals surface area contributed by atoms with E-state index in [2.05, 4.69) is 10.2 Å². The number of carbonyl (C=O) groups excluding carboxylic acids is 1. The van der Waals surface area contributed by atoms with Gasteiger partial charge in [-0.05, 0) is 38.0 Å². The van der Waals surface area contributed by atoms with Gasteiger partial charge in [0, 0.05) is 29.3 Å². The van der Waals surface area contributed by atoms with Crippen molar-refractivity contribution in [1.29, 1.82) is 0 Å². The van der Waals surface area contributed by atoms with Crippen molar-refractivity contribution in [3.05, 3.63) is 75.7 Å². The molecule has 8 heteroatoms. The second kappa shape index (κ2) is 7.22. The fourth-order valence-corrected chi connectivity index (χ4v) is 3.03. The van der Waals surface area contributed by atoms with Crippen LogP contribution in [0.5, 0.6) is 0 Å². The summed E-state index contributed by atoms with van der Waals surface area (Å²) in [7, 11) is 0. The number of carbonyl (C=O) groups is 1. The number of amides is 1. The molecule has 0 atom stereocenters. The Morgan fingerprint density at radius 2 is 2.00 bits per heavy atom. The van der Waals surface area contributed by atoms with Crippen molar-refractivity contribution < 1.29 is 14.1 Å². The van der Waals surface area contributed by atoms with Crippen LogP contribution < -0.4 is 0 Å². The molecular formula is C20H18N4O4. The van der Waals surface area contributed by atoms with Crippen LogP contribution in [0.2, 0.25) is 0 Å². The largest absolute Gasteiger partial charge is 0.419 e. The highest BCUT2D eigenvalue weighted by Gasteiger charge is 2.34. The zero-order chi connectivity index (χ0) is 19.7. The smallest absolute Gasteiger partial charge is 0.270 e. The van der Waals surface area contributed by atoms with E-state index < -0.39 is 4.92 Å². The maximum atomic E-state index is 12.9. The fraction of sp³-hybridized carbons (Fsp3) is 0.250. The predicted octanol–water partition coefficient (Wildman–Crippen LogP) is 3.76. The molecule has 1 aliphatic rings. The number of benzene rings is 2. The molecule has 0 aliphatic heterocycles. The van der Waals surface area contributed by atoms with Crippen LogP contribution in [0.4, 0.5) is 5.69 Å². The van der Waals surface area contributed by atoms with Crippen molar-refractivity contribution in [3.63, 3.8) is 0 Å². The van der Waals surface area contributed by atoms with Crippen LogP contribution in [0.1, 0.15) is 34.7 Å². The van der Waals surface area contributed by atoms with Crippen LogP contribution in [0.15, 0.2) is 52.9 Å². The van der Waals surface area contributed by atoms with E-state index in [0.717, 1.165) is 18.4 Å². The third-order valence-electron chi connectivity index (χ3n) is 4.59. The second-order valence-corrected chi connectivity index (χ2v) is 6.84. The quantitative estimate of drug-likeness (QED) is 0.478. The third-order valence-corrected chi connectivity index (χ3v) is 4.59. The van der Waals surface area contributed by atoms with Gasteiger partial charge in [0.2, 0.25) is 11.8 Å². The van der Waals surface area contributed by atoms with Gasteiger partial charge in [-0.15, -0.1) is 10.2 Å². The first kappa shape index (κ1) is 17.8. The van der Waals surface area contributed by atoms with Gasteiger partial charge in [0.15, 0.2) is 0 Å². The first-order valence-corrected chi connectivity index (χ1v) is 8.96. The Balaban J connectivity index is 1.55. The summed E-state index contributed by atoms with van der Waals surface area (Å²) in [6.45, 7) is 2.15. The first-order chi connectivity index (χ1) is 13.5. The van der Waals surface area contributed by atoms with Crippen molar-refractivity contribution in [2.75, 3.05) is 0 Å². The SMILES string of the molecule is Cc1cccc(C(=O)N(Cc2nnc(-c3cccc([N+](=O)[O-])c3)o2)C2CC2)c1. The topological polar surface area (TPSA) is 102 Å². The summed E-state index contributed by atoms with van der Waals surface area (Å²) in [5, 5.41) is 19.0. The van der Waals surface area contributed by atoms with Crippen LogP contribution in [0.3, 0.4) is 0 Å². The van der Waals surface area contributed by atoms with Crippen molar-refractivity contribution in [1.82, 2.24) is 15.1 Å². The molecule has 0 saturated heterocycles. The number of nitrogens with zero attached hydrogens (tertiary/aromatic N) is 4. The number of aryl methyl sites for hydroxylation is 1. The summed E-state index contributed by atoms with van der Waals surface area (Å²) in [5.74, 6) is 0.424. The Kier molecular flexibility index (Phi) is 4.60. The van der Waals surface area contributed by atoms with E-state index in [4.69, 9.17) is 4.42 Å². The Morgan fingerprint density at radius 3 is 2.71 bits per heavy atom. The molecule has 8 nitrogen and oxygen atoms in total. The summed E-state index contributed by atoms with van der Waals surface area (Å²) in [4.78, 5) is 25.2. The molecule has 1 saturated carbocycles. The minimum absolute atomic E-state index is 0.0496. The minimum atomic E-state index is -0.476. The maximum Gasteiger partial charge on any atom is 0.270 e. The standard InChI is InChI=1S/C20H18N4O4/c1-13-4-2-6-15(10-13)20(25)23(16-8-9-16)12-18-21-22-19(28-18)14-5-3-7-17(11-14)24(26)27/h2-7,10-11,16H,8-9,12H2,1H3. The molecule has 28 heavy (non-hydrogen) atoms. The third kappa shape index (κ3) is 3.75. The van der Waals surface area contributed by atoms with Gasteiger partial charge in [-0.2, -0.15) is 0 Å². The zero-order valence-electron chi connectivity index (χ0n) is 15.2. The molecule has 0 N–H and O–H groups in total. The molecule has 1 heterocycles. The van der Waals surface area contributed by atoms with Crippen LogP contribution >= 0.6 is 0 Å². The summed E-state index contributed by atoms with van der Waals surface area (Å²) in [6.07, 6.45) is 1.90. The number of hydrogen-bond acceptors (Lipinski definition) is 6. The van der Waals surface area contributed by atoms with Gasteiger partial charge in [-0.25, -0.2) is 0 Å².